The average molecular weight is 226 g/mol. The molecule has 0 saturated carbocycles. The lowest BCUT2D eigenvalue weighted by Gasteiger charge is -2.06. The van der Waals surface area contributed by atoms with Crippen molar-refractivity contribution in [3.05, 3.63) is 23.9 Å². The van der Waals surface area contributed by atoms with Gasteiger partial charge in [0, 0.05) is 25.9 Å². The highest BCUT2D eigenvalue weighted by Gasteiger charge is 1.97. The number of ether oxygens (including phenoxy) is 3. The zero-order valence-corrected chi connectivity index (χ0v) is 9.52. The van der Waals surface area contributed by atoms with Crippen LogP contribution in [0, 0.1) is 0 Å². The van der Waals surface area contributed by atoms with Crippen molar-refractivity contribution in [3.63, 3.8) is 0 Å². The van der Waals surface area contributed by atoms with Crippen molar-refractivity contribution in [3.8, 4) is 5.88 Å². The van der Waals surface area contributed by atoms with E-state index < -0.39 is 0 Å². The highest BCUT2D eigenvalue weighted by atomic mass is 16.5. The minimum atomic E-state index is 0.477. The Balaban J connectivity index is 2.16. The van der Waals surface area contributed by atoms with Crippen LogP contribution in [-0.4, -0.2) is 38.5 Å². The lowest BCUT2D eigenvalue weighted by molar-refractivity contribution is 0.0536. The molecule has 1 heterocycles. The number of nitrogens with two attached hydrogens (primary N) is 1. The lowest BCUT2D eigenvalue weighted by Crippen LogP contribution is -2.10. The molecule has 0 unspecified atom stereocenters. The second kappa shape index (κ2) is 8.04. The number of nitrogens with zero attached hydrogens (tertiary/aromatic N) is 1. The first-order chi connectivity index (χ1) is 7.86. The largest absolute Gasteiger partial charge is 0.475 e. The molecule has 0 amide bonds. The number of pyridine rings is 1. The van der Waals surface area contributed by atoms with E-state index in [1.54, 1.807) is 13.3 Å². The standard InChI is InChI=1S/C11H18N2O3/c1-14-4-5-15-6-7-16-11-8-10(9-12)2-3-13-11/h2-3,8H,4-7,9,12H2,1H3. The monoisotopic (exact) mass is 226 g/mol. The summed E-state index contributed by atoms with van der Waals surface area (Å²) < 4.78 is 15.5. The van der Waals surface area contributed by atoms with Crippen LogP contribution in [0.15, 0.2) is 18.3 Å². The van der Waals surface area contributed by atoms with E-state index in [0.29, 0.717) is 38.9 Å². The molecule has 0 atom stereocenters. The van der Waals surface area contributed by atoms with Crippen molar-refractivity contribution in [1.82, 2.24) is 4.98 Å². The van der Waals surface area contributed by atoms with Gasteiger partial charge in [-0.25, -0.2) is 4.98 Å². The van der Waals surface area contributed by atoms with Crippen molar-refractivity contribution in [2.75, 3.05) is 33.5 Å². The molecule has 0 fully saturated rings. The van der Waals surface area contributed by atoms with Crippen molar-refractivity contribution in [1.29, 1.82) is 0 Å². The Bertz CT molecular complexity index is 294. The minimum absolute atomic E-state index is 0.477. The number of aromatic nitrogens is 1. The molecule has 0 aliphatic rings. The molecule has 1 aromatic rings. The first-order valence-corrected chi connectivity index (χ1v) is 5.21. The minimum Gasteiger partial charge on any atom is -0.475 e. The first kappa shape index (κ1) is 12.9. The quantitative estimate of drug-likeness (QED) is 0.657. The van der Waals surface area contributed by atoms with E-state index in [-0.39, 0.29) is 0 Å². The number of hydrogen-bond acceptors (Lipinski definition) is 5. The summed E-state index contributed by atoms with van der Waals surface area (Å²) >= 11 is 0. The van der Waals surface area contributed by atoms with Crippen molar-refractivity contribution < 1.29 is 14.2 Å². The van der Waals surface area contributed by atoms with Gasteiger partial charge in [0.15, 0.2) is 0 Å². The SMILES string of the molecule is COCCOCCOc1cc(CN)ccn1. The molecule has 0 bridgehead atoms. The van der Waals surface area contributed by atoms with E-state index in [0.717, 1.165) is 5.56 Å². The van der Waals surface area contributed by atoms with Gasteiger partial charge in [-0.15, -0.1) is 0 Å². The highest BCUT2D eigenvalue weighted by Crippen LogP contribution is 2.08. The van der Waals surface area contributed by atoms with Gasteiger partial charge in [0.25, 0.3) is 0 Å². The molecule has 5 heteroatoms. The van der Waals surface area contributed by atoms with Crippen LogP contribution in [0.3, 0.4) is 0 Å². The molecule has 0 aliphatic heterocycles. The third-order valence-corrected chi connectivity index (χ3v) is 1.94. The highest BCUT2D eigenvalue weighted by molar-refractivity contribution is 5.19. The number of rotatable bonds is 8. The summed E-state index contributed by atoms with van der Waals surface area (Å²) in [5.74, 6) is 0.582. The molecule has 0 aliphatic carbocycles. The van der Waals surface area contributed by atoms with Gasteiger partial charge >= 0.3 is 0 Å². The first-order valence-electron chi connectivity index (χ1n) is 5.21. The Hall–Kier alpha value is -1.17. The molecule has 0 spiro atoms. The van der Waals surface area contributed by atoms with E-state index in [1.807, 2.05) is 12.1 Å². The maximum Gasteiger partial charge on any atom is 0.213 e. The lowest BCUT2D eigenvalue weighted by atomic mass is 10.3. The fraction of sp³-hybridized carbons (Fsp3) is 0.545. The topological polar surface area (TPSA) is 66.6 Å². The van der Waals surface area contributed by atoms with Crippen molar-refractivity contribution in [2.24, 2.45) is 5.73 Å². The fourth-order valence-electron chi connectivity index (χ4n) is 1.11. The predicted octanol–water partition coefficient (Wildman–Crippen LogP) is 0.582. The summed E-state index contributed by atoms with van der Waals surface area (Å²) in [7, 11) is 1.64. The van der Waals surface area contributed by atoms with Crippen LogP contribution < -0.4 is 10.5 Å². The van der Waals surface area contributed by atoms with Crippen LogP contribution in [-0.2, 0) is 16.0 Å². The van der Waals surface area contributed by atoms with E-state index >= 15 is 0 Å². The van der Waals surface area contributed by atoms with Gasteiger partial charge in [0.2, 0.25) is 5.88 Å². The Labute approximate surface area is 95.5 Å². The van der Waals surface area contributed by atoms with Crippen LogP contribution >= 0.6 is 0 Å². The summed E-state index contributed by atoms with van der Waals surface area (Å²) in [6, 6.07) is 3.69. The van der Waals surface area contributed by atoms with Crippen molar-refractivity contribution in [2.45, 2.75) is 6.54 Å². The molecule has 5 nitrogen and oxygen atoms in total. The van der Waals surface area contributed by atoms with Crippen LogP contribution in [0.2, 0.25) is 0 Å². The number of methoxy groups -OCH3 is 1. The number of hydrogen-bond donors (Lipinski definition) is 1. The van der Waals surface area contributed by atoms with Gasteiger partial charge in [0.1, 0.15) is 6.61 Å². The second-order valence-electron chi connectivity index (χ2n) is 3.16. The van der Waals surface area contributed by atoms with Crippen LogP contribution in [0.1, 0.15) is 5.56 Å². The Morgan fingerprint density at radius 3 is 2.81 bits per heavy atom. The van der Waals surface area contributed by atoms with Gasteiger partial charge in [-0.05, 0) is 11.6 Å². The maximum atomic E-state index is 5.51. The molecule has 90 valence electrons. The van der Waals surface area contributed by atoms with Gasteiger partial charge in [-0.2, -0.15) is 0 Å². The predicted molar refractivity (Wildman–Crippen MR) is 60.3 cm³/mol. The van der Waals surface area contributed by atoms with E-state index in [9.17, 15) is 0 Å². The third-order valence-electron chi connectivity index (χ3n) is 1.94. The van der Waals surface area contributed by atoms with E-state index in [2.05, 4.69) is 4.98 Å². The smallest absolute Gasteiger partial charge is 0.213 e. The van der Waals surface area contributed by atoms with E-state index in [4.69, 9.17) is 19.9 Å². The van der Waals surface area contributed by atoms with Crippen molar-refractivity contribution >= 4 is 0 Å². The second-order valence-corrected chi connectivity index (χ2v) is 3.16. The summed E-state index contributed by atoms with van der Waals surface area (Å²) in [4.78, 5) is 4.06. The fourth-order valence-corrected chi connectivity index (χ4v) is 1.11. The Kier molecular flexibility index (Phi) is 6.48. The average Bonchev–Trinajstić information content (AvgIpc) is 2.34. The molecule has 0 radical (unpaired) electrons. The normalized spacial score (nSPS) is 10.4. The third kappa shape index (κ3) is 5.06. The van der Waals surface area contributed by atoms with E-state index in [1.165, 1.54) is 0 Å². The van der Waals surface area contributed by atoms with Crippen LogP contribution in [0.4, 0.5) is 0 Å². The van der Waals surface area contributed by atoms with Gasteiger partial charge in [-0.1, -0.05) is 0 Å². The molecule has 1 aromatic heterocycles. The maximum absolute atomic E-state index is 5.51. The molecule has 16 heavy (non-hydrogen) atoms. The summed E-state index contributed by atoms with van der Waals surface area (Å²) in [5, 5.41) is 0. The molecule has 1 rings (SSSR count). The molecular formula is C11H18N2O3. The van der Waals surface area contributed by atoms with Gasteiger partial charge < -0.3 is 19.9 Å². The Morgan fingerprint density at radius 1 is 1.25 bits per heavy atom. The molecule has 0 aromatic carbocycles. The summed E-state index contributed by atoms with van der Waals surface area (Å²) in [6.07, 6.45) is 1.68. The van der Waals surface area contributed by atoms with Gasteiger partial charge in [0.05, 0.1) is 19.8 Å². The summed E-state index contributed by atoms with van der Waals surface area (Å²) in [6.45, 7) is 2.67. The molecule has 0 saturated heterocycles. The molecular weight excluding hydrogens is 208 g/mol. The van der Waals surface area contributed by atoms with Crippen LogP contribution in [0.25, 0.3) is 0 Å². The Morgan fingerprint density at radius 2 is 2.06 bits per heavy atom. The zero-order chi connectivity index (χ0) is 11.6. The van der Waals surface area contributed by atoms with Crippen LogP contribution in [0.5, 0.6) is 5.88 Å². The molecule has 2 N–H and O–H groups in total. The zero-order valence-electron chi connectivity index (χ0n) is 9.52. The van der Waals surface area contributed by atoms with Gasteiger partial charge in [-0.3, -0.25) is 0 Å². The summed E-state index contributed by atoms with van der Waals surface area (Å²) in [5.41, 5.74) is 6.51.